The predicted octanol–water partition coefficient (Wildman–Crippen LogP) is 2.74. The van der Waals surface area contributed by atoms with Crippen LogP contribution in [-0.4, -0.2) is 45.3 Å². The molecule has 1 fully saturated rings. The summed E-state index contributed by atoms with van der Waals surface area (Å²) in [5.74, 6) is 1.32. The molecule has 3 N–H and O–H groups in total. The zero-order chi connectivity index (χ0) is 18.6. The lowest BCUT2D eigenvalue weighted by Crippen LogP contribution is -2.33. The van der Waals surface area contributed by atoms with Gasteiger partial charge < -0.3 is 15.6 Å². The van der Waals surface area contributed by atoms with Gasteiger partial charge in [0.15, 0.2) is 0 Å². The third-order valence-corrected chi connectivity index (χ3v) is 5.21. The molecule has 1 aliphatic rings. The van der Waals surface area contributed by atoms with Crippen LogP contribution in [0.25, 0.3) is 11.0 Å². The summed E-state index contributed by atoms with van der Waals surface area (Å²) < 4.78 is 1.83. The van der Waals surface area contributed by atoms with E-state index in [9.17, 15) is 4.79 Å². The fourth-order valence-electron chi connectivity index (χ4n) is 3.78. The van der Waals surface area contributed by atoms with Gasteiger partial charge in [-0.25, -0.2) is 4.98 Å². The average Bonchev–Trinajstić information content (AvgIpc) is 3.30. The topological polar surface area (TPSA) is 87.6 Å². The largest absolute Gasteiger partial charge is 0.354 e. The number of hydrogen-bond donors (Lipinski definition) is 3. The molecule has 158 valence electrons. The number of nitrogens with one attached hydrogen (secondary N) is 3. The van der Waals surface area contributed by atoms with Gasteiger partial charge in [0, 0.05) is 37.3 Å². The van der Waals surface area contributed by atoms with Crippen molar-refractivity contribution in [2.75, 3.05) is 19.6 Å². The number of hydrogen-bond acceptors (Lipinski definition) is 4. The lowest BCUT2D eigenvalue weighted by atomic mass is 9.96. The fourth-order valence-corrected chi connectivity index (χ4v) is 3.78. The second kappa shape index (κ2) is 10.6. The molecule has 3 aromatic rings. The highest BCUT2D eigenvalue weighted by Gasteiger charge is 2.19. The molecule has 9 heteroatoms. The summed E-state index contributed by atoms with van der Waals surface area (Å²) in [5.41, 5.74) is 4.34. The van der Waals surface area contributed by atoms with E-state index in [0.717, 1.165) is 47.6 Å². The number of aromatic nitrogens is 4. The van der Waals surface area contributed by atoms with E-state index in [1.54, 1.807) is 6.20 Å². The molecule has 0 spiro atoms. The van der Waals surface area contributed by atoms with Gasteiger partial charge in [0.1, 0.15) is 12.4 Å². The van der Waals surface area contributed by atoms with E-state index in [-0.39, 0.29) is 37.3 Å². The Bertz CT molecular complexity index is 932. The van der Waals surface area contributed by atoms with Crippen LogP contribution in [0.4, 0.5) is 0 Å². The summed E-state index contributed by atoms with van der Waals surface area (Å²) >= 11 is 0. The number of halogens is 2. The maximum atomic E-state index is 12.3. The first-order chi connectivity index (χ1) is 13.2. The van der Waals surface area contributed by atoms with Gasteiger partial charge in [-0.3, -0.25) is 9.48 Å². The molecule has 0 radical (unpaired) electrons. The molecule has 0 bridgehead atoms. The molecule has 1 atom stereocenters. The van der Waals surface area contributed by atoms with E-state index >= 15 is 0 Å². The fraction of sp³-hybridized carbons (Fsp3) is 0.450. The Labute approximate surface area is 182 Å². The van der Waals surface area contributed by atoms with Crippen LogP contribution >= 0.6 is 24.8 Å². The van der Waals surface area contributed by atoms with Crippen LogP contribution in [0, 0.1) is 6.92 Å². The van der Waals surface area contributed by atoms with Crippen molar-refractivity contribution in [2.24, 2.45) is 0 Å². The summed E-state index contributed by atoms with van der Waals surface area (Å²) in [6.07, 6.45) is 4.77. The number of benzene rings is 1. The lowest BCUT2D eigenvalue weighted by molar-refractivity contribution is -0.121. The van der Waals surface area contributed by atoms with Gasteiger partial charge in [0.2, 0.25) is 5.91 Å². The second-order valence-electron chi connectivity index (χ2n) is 7.21. The highest BCUT2D eigenvalue weighted by atomic mass is 35.5. The van der Waals surface area contributed by atoms with Crippen molar-refractivity contribution in [3.05, 3.63) is 47.5 Å². The van der Waals surface area contributed by atoms with Crippen LogP contribution in [0.1, 0.15) is 35.8 Å². The van der Waals surface area contributed by atoms with Gasteiger partial charge in [-0.15, -0.1) is 24.8 Å². The smallest absolute Gasteiger partial charge is 0.241 e. The Morgan fingerprint density at radius 2 is 2.17 bits per heavy atom. The third-order valence-electron chi connectivity index (χ3n) is 5.21. The molecule has 1 unspecified atom stereocenters. The SMILES string of the molecule is Cc1cccc2[nH]c(CCNC(=O)Cn3nccc3C3CCCNC3)nc12.Cl.Cl. The first-order valence-corrected chi connectivity index (χ1v) is 9.64. The molecule has 1 aliphatic heterocycles. The molecule has 4 rings (SSSR count). The number of nitrogens with zero attached hydrogens (tertiary/aromatic N) is 3. The van der Waals surface area contributed by atoms with Crippen LogP contribution in [0.5, 0.6) is 0 Å². The average molecular weight is 439 g/mol. The van der Waals surface area contributed by atoms with Crippen molar-refractivity contribution in [1.82, 2.24) is 30.4 Å². The standard InChI is InChI=1S/C20H26N6O.2ClH/c1-14-4-2-6-16-20(14)25-18(24-16)8-10-22-19(27)13-26-17(7-11-23-26)15-5-3-9-21-12-15;;/h2,4,6-7,11,15,21H,3,5,8-10,12-13H2,1H3,(H,22,27)(H,24,25);2*1H. The van der Waals surface area contributed by atoms with Gasteiger partial charge in [-0.05, 0) is 44.0 Å². The van der Waals surface area contributed by atoms with E-state index in [0.29, 0.717) is 18.9 Å². The zero-order valence-corrected chi connectivity index (χ0v) is 18.1. The number of imidazole rings is 1. The summed E-state index contributed by atoms with van der Waals surface area (Å²) in [7, 11) is 0. The third kappa shape index (κ3) is 5.50. The van der Waals surface area contributed by atoms with Crippen LogP contribution in [0.2, 0.25) is 0 Å². The van der Waals surface area contributed by atoms with Crippen molar-refractivity contribution in [3.63, 3.8) is 0 Å². The van der Waals surface area contributed by atoms with Crippen LogP contribution in [0.15, 0.2) is 30.5 Å². The Kier molecular flexibility index (Phi) is 8.49. The first kappa shape index (κ1) is 23.2. The van der Waals surface area contributed by atoms with Gasteiger partial charge in [0.25, 0.3) is 0 Å². The quantitative estimate of drug-likeness (QED) is 0.551. The molecule has 3 heterocycles. The summed E-state index contributed by atoms with van der Waals surface area (Å²) in [5, 5.41) is 10.7. The minimum Gasteiger partial charge on any atom is -0.354 e. The number of aromatic amines is 1. The number of piperidine rings is 1. The number of para-hydroxylation sites is 1. The van der Waals surface area contributed by atoms with Crippen molar-refractivity contribution in [2.45, 2.75) is 38.6 Å². The van der Waals surface area contributed by atoms with E-state index in [1.165, 1.54) is 6.42 Å². The Balaban J connectivity index is 0.00000150. The minimum atomic E-state index is -0.0176. The Morgan fingerprint density at radius 1 is 1.31 bits per heavy atom. The van der Waals surface area contributed by atoms with Crippen LogP contribution in [-0.2, 0) is 17.8 Å². The van der Waals surface area contributed by atoms with Crippen molar-refractivity contribution in [1.29, 1.82) is 0 Å². The molecule has 2 aromatic heterocycles. The number of fused-ring (bicyclic) bond motifs is 1. The molecule has 1 saturated heterocycles. The summed E-state index contributed by atoms with van der Waals surface area (Å²) in [6.45, 7) is 4.90. The molecule has 0 aliphatic carbocycles. The van der Waals surface area contributed by atoms with Crippen LogP contribution < -0.4 is 10.6 Å². The first-order valence-electron chi connectivity index (χ1n) is 9.64. The van der Waals surface area contributed by atoms with Crippen molar-refractivity contribution in [3.8, 4) is 0 Å². The number of carbonyl (C=O) groups excluding carboxylic acids is 1. The van der Waals surface area contributed by atoms with Crippen molar-refractivity contribution >= 4 is 41.8 Å². The molecular weight excluding hydrogens is 411 g/mol. The van der Waals surface area contributed by atoms with Crippen LogP contribution in [0.3, 0.4) is 0 Å². The van der Waals surface area contributed by atoms with E-state index in [1.807, 2.05) is 22.9 Å². The second-order valence-corrected chi connectivity index (χ2v) is 7.21. The van der Waals surface area contributed by atoms with Gasteiger partial charge in [-0.1, -0.05) is 12.1 Å². The van der Waals surface area contributed by atoms with E-state index in [2.05, 4.69) is 38.7 Å². The normalized spacial score (nSPS) is 16.1. The molecule has 1 amide bonds. The molecule has 1 aromatic carbocycles. The van der Waals surface area contributed by atoms with Gasteiger partial charge in [0.05, 0.1) is 11.0 Å². The highest BCUT2D eigenvalue weighted by Crippen LogP contribution is 2.22. The van der Waals surface area contributed by atoms with E-state index < -0.39 is 0 Å². The number of H-pyrrole nitrogens is 1. The van der Waals surface area contributed by atoms with Gasteiger partial charge in [-0.2, -0.15) is 5.10 Å². The van der Waals surface area contributed by atoms with E-state index in [4.69, 9.17) is 0 Å². The van der Waals surface area contributed by atoms with Crippen molar-refractivity contribution < 1.29 is 4.79 Å². The molecule has 29 heavy (non-hydrogen) atoms. The highest BCUT2D eigenvalue weighted by molar-refractivity contribution is 5.85. The Hall–Kier alpha value is -2.09. The Morgan fingerprint density at radius 3 is 2.93 bits per heavy atom. The maximum Gasteiger partial charge on any atom is 0.241 e. The summed E-state index contributed by atoms with van der Waals surface area (Å²) in [6, 6.07) is 8.13. The maximum absolute atomic E-state index is 12.3. The number of rotatable bonds is 6. The summed E-state index contributed by atoms with van der Waals surface area (Å²) in [4.78, 5) is 20.3. The van der Waals surface area contributed by atoms with Gasteiger partial charge >= 0.3 is 0 Å². The number of carbonyl (C=O) groups is 1. The molecule has 7 nitrogen and oxygen atoms in total. The number of amides is 1. The lowest BCUT2D eigenvalue weighted by Gasteiger charge is -2.23. The minimum absolute atomic E-state index is 0. The predicted molar refractivity (Wildman–Crippen MR) is 119 cm³/mol. The zero-order valence-electron chi connectivity index (χ0n) is 16.5. The number of aryl methyl sites for hydroxylation is 1. The molecular formula is C20H28Cl2N6O. The molecule has 0 saturated carbocycles. The monoisotopic (exact) mass is 438 g/mol.